The van der Waals surface area contributed by atoms with Crippen LogP contribution in [0.25, 0.3) is 0 Å². The van der Waals surface area contributed by atoms with Gasteiger partial charge in [-0.2, -0.15) is 0 Å². The van der Waals surface area contributed by atoms with E-state index in [1.54, 1.807) is 24.3 Å². The van der Waals surface area contributed by atoms with Crippen molar-refractivity contribution < 1.29 is 19.9 Å². The van der Waals surface area contributed by atoms with Crippen LogP contribution in [0.15, 0.2) is 29.4 Å². The van der Waals surface area contributed by atoms with Gasteiger partial charge in [-0.1, -0.05) is 30.6 Å². The van der Waals surface area contributed by atoms with Crippen LogP contribution in [0, 0.1) is 17.3 Å². The van der Waals surface area contributed by atoms with Crippen LogP contribution in [0.1, 0.15) is 74.2 Å². The van der Waals surface area contributed by atoms with Crippen LogP contribution < -0.4 is 0 Å². The summed E-state index contributed by atoms with van der Waals surface area (Å²) in [4.78, 5) is 25.9. The standard InChI is InChI=1S/C23H32N2O4.ClH/c1-2-18(15-21(26)27)19-7-9-23(10-8-19)11-13-25(14-12-23)22(28)20-5-3-17(4-6-20)16-24-29;/h3-6,16,18-19,29H,2,7-15H2,1H3,(H,26,27);1H. The van der Waals surface area contributed by atoms with E-state index in [1.807, 2.05) is 4.90 Å². The Labute approximate surface area is 184 Å². The first-order valence-electron chi connectivity index (χ1n) is 10.7. The van der Waals surface area contributed by atoms with Crippen molar-refractivity contribution in [3.63, 3.8) is 0 Å². The van der Waals surface area contributed by atoms with Crippen molar-refractivity contribution in [3.05, 3.63) is 35.4 Å². The number of carboxylic acid groups (broad SMARTS) is 1. The second kappa shape index (κ2) is 10.8. The number of amides is 1. The molecule has 1 spiro atoms. The molecule has 1 aliphatic heterocycles. The first-order valence-corrected chi connectivity index (χ1v) is 10.7. The van der Waals surface area contributed by atoms with E-state index < -0.39 is 5.97 Å². The zero-order chi connectivity index (χ0) is 20.9. The van der Waals surface area contributed by atoms with Crippen LogP contribution in [0.3, 0.4) is 0 Å². The second-order valence-corrected chi connectivity index (χ2v) is 8.76. The summed E-state index contributed by atoms with van der Waals surface area (Å²) in [5.41, 5.74) is 1.75. The van der Waals surface area contributed by atoms with E-state index in [0.717, 1.165) is 63.6 Å². The summed E-state index contributed by atoms with van der Waals surface area (Å²) in [6.07, 6.45) is 9.20. The van der Waals surface area contributed by atoms with Crippen molar-refractivity contribution in [1.29, 1.82) is 0 Å². The molecule has 0 aromatic heterocycles. The highest BCUT2D eigenvalue weighted by Gasteiger charge is 2.40. The summed E-state index contributed by atoms with van der Waals surface area (Å²) < 4.78 is 0. The Kier molecular flexibility index (Phi) is 8.71. The van der Waals surface area contributed by atoms with Crippen molar-refractivity contribution in [2.45, 2.75) is 58.3 Å². The number of nitrogens with zero attached hydrogens (tertiary/aromatic N) is 2. The van der Waals surface area contributed by atoms with E-state index in [9.17, 15) is 9.59 Å². The lowest BCUT2D eigenvalue weighted by Gasteiger charge is -2.47. The van der Waals surface area contributed by atoms with Crippen molar-refractivity contribution in [1.82, 2.24) is 4.90 Å². The van der Waals surface area contributed by atoms with E-state index >= 15 is 0 Å². The van der Waals surface area contributed by atoms with Gasteiger partial charge in [-0.3, -0.25) is 9.59 Å². The van der Waals surface area contributed by atoms with Crippen molar-refractivity contribution in [2.24, 2.45) is 22.4 Å². The van der Waals surface area contributed by atoms with E-state index in [-0.39, 0.29) is 18.3 Å². The number of hydrogen-bond acceptors (Lipinski definition) is 4. The molecule has 7 heteroatoms. The predicted molar refractivity (Wildman–Crippen MR) is 119 cm³/mol. The molecule has 1 saturated carbocycles. The molecule has 2 N–H and O–H groups in total. The maximum absolute atomic E-state index is 12.8. The first kappa shape index (κ1) is 24.2. The molecule has 1 amide bonds. The molecule has 2 fully saturated rings. The Hall–Kier alpha value is -2.08. The summed E-state index contributed by atoms with van der Waals surface area (Å²) in [6.45, 7) is 3.68. The maximum atomic E-state index is 12.8. The highest BCUT2D eigenvalue weighted by molar-refractivity contribution is 5.95. The normalized spacial score (nSPS) is 20.1. The Morgan fingerprint density at radius 1 is 1.17 bits per heavy atom. The molecule has 0 bridgehead atoms. The van der Waals surface area contributed by atoms with Gasteiger partial charge in [-0.25, -0.2) is 0 Å². The van der Waals surface area contributed by atoms with Gasteiger partial charge in [-0.05, 0) is 73.5 Å². The van der Waals surface area contributed by atoms with Gasteiger partial charge < -0.3 is 15.2 Å². The number of hydrogen-bond donors (Lipinski definition) is 2. The minimum Gasteiger partial charge on any atom is -0.481 e. The molecule has 1 unspecified atom stereocenters. The predicted octanol–water partition coefficient (Wildman–Crippen LogP) is 4.83. The summed E-state index contributed by atoms with van der Waals surface area (Å²) in [5.74, 6) is 0.210. The number of benzene rings is 1. The molecular formula is C23H33ClN2O4. The Bertz CT molecular complexity index is 732. The Morgan fingerprint density at radius 3 is 2.27 bits per heavy atom. The highest BCUT2D eigenvalue weighted by Crippen LogP contribution is 2.48. The topological polar surface area (TPSA) is 90.2 Å². The van der Waals surface area contributed by atoms with E-state index in [2.05, 4.69) is 12.1 Å². The van der Waals surface area contributed by atoms with E-state index in [1.165, 1.54) is 6.21 Å². The van der Waals surface area contributed by atoms with Crippen molar-refractivity contribution in [2.75, 3.05) is 13.1 Å². The lowest BCUT2D eigenvalue weighted by molar-refractivity contribution is -0.138. The van der Waals surface area contributed by atoms with Gasteiger partial charge >= 0.3 is 5.97 Å². The van der Waals surface area contributed by atoms with Crippen LogP contribution in [-0.2, 0) is 4.79 Å². The quantitative estimate of drug-likeness (QED) is 0.379. The molecule has 1 saturated heterocycles. The van der Waals surface area contributed by atoms with Crippen LogP contribution in [0.4, 0.5) is 0 Å². The Morgan fingerprint density at radius 2 is 1.77 bits per heavy atom. The average Bonchev–Trinajstić information content (AvgIpc) is 2.73. The third-order valence-corrected chi connectivity index (χ3v) is 7.19. The Balaban J connectivity index is 0.00000320. The summed E-state index contributed by atoms with van der Waals surface area (Å²) in [5, 5.41) is 20.7. The number of carboxylic acids is 1. The van der Waals surface area contributed by atoms with E-state index in [4.69, 9.17) is 10.3 Å². The molecule has 2 aliphatic rings. The average molecular weight is 437 g/mol. The fourth-order valence-corrected chi connectivity index (χ4v) is 5.24. The number of carbonyl (C=O) groups excluding carboxylic acids is 1. The zero-order valence-electron chi connectivity index (χ0n) is 17.6. The fourth-order valence-electron chi connectivity index (χ4n) is 5.24. The van der Waals surface area contributed by atoms with Crippen LogP contribution in [-0.4, -0.2) is 46.4 Å². The summed E-state index contributed by atoms with van der Waals surface area (Å²) in [7, 11) is 0. The van der Waals surface area contributed by atoms with Crippen molar-refractivity contribution in [3.8, 4) is 0 Å². The van der Waals surface area contributed by atoms with Crippen molar-refractivity contribution >= 4 is 30.5 Å². The first-order chi connectivity index (χ1) is 14.0. The highest BCUT2D eigenvalue weighted by atomic mass is 35.5. The van der Waals surface area contributed by atoms with Crippen LogP contribution >= 0.6 is 12.4 Å². The lowest BCUT2D eigenvalue weighted by Crippen LogP contribution is -2.45. The van der Waals surface area contributed by atoms with Crippen LogP contribution in [0.2, 0.25) is 0 Å². The smallest absolute Gasteiger partial charge is 0.303 e. The number of oxime groups is 1. The monoisotopic (exact) mass is 436 g/mol. The minimum atomic E-state index is -0.680. The van der Waals surface area contributed by atoms with Gasteiger partial charge in [0.25, 0.3) is 5.91 Å². The van der Waals surface area contributed by atoms with Gasteiger partial charge in [0, 0.05) is 25.1 Å². The largest absolute Gasteiger partial charge is 0.481 e. The molecular weight excluding hydrogens is 404 g/mol. The number of rotatable bonds is 6. The minimum absolute atomic E-state index is 0. The number of halogens is 1. The molecule has 6 nitrogen and oxygen atoms in total. The summed E-state index contributed by atoms with van der Waals surface area (Å²) in [6, 6.07) is 7.12. The molecule has 0 radical (unpaired) electrons. The third kappa shape index (κ3) is 5.75. The molecule has 1 aromatic rings. The van der Waals surface area contributed by atoms with Gasteiger partial charge in [0.2, 0.25) is 0 Å². The molecule has 30 heavy (non-hydrogen) atoms. The molecule has 166 valence electrons. The summed E-state index contributed by atoms with van der Waals surface area (Å²) >= 11 is 0. The van der Waals surface area contributed by atoms with Crippen LogP contribution in [0.5, 0.6) is 0 Å². The SMILES string of the molecule is CCC(CC(=O)O)C1CCC2(CC1)CCN(C(=O)c1ccc(C=NO)cc1)CC2.Cl. The molecule has 1 aliphatic carbocycles. The number of piperidine rings is 1. The van der Waals surface area contributed by atoms with Gasteiger partial charge in [-0.15, -0.1) is 12.4 Å². The lowest BCUT2D eigenvalue weighted by atomic mass is 9.63. The maximum Gasteiger partial charge on any atom is 0.303 e. The van der Waals surface area contributed by atoms with Gasteiger partial charge in [0.1, 0.15) is 0 Å². The number of likely N-dealkylation sites (tertiary alicyclic amines) is 1. The molecule has 1 atom stereocenters. The molecule has 1 heterocycles. The fraction of sp³-hybridized carbons (Fsp3) is 0.609. The second-order valence-electron chi connectivity index (χ2n) is 8.76. The van der Waals surface area contributed by atoms with Gasteiger partial charge in [0.05, 0.1) is 6.21 Å². The number of aliphatic carboxylic acids is 1. The zero-order valence-corrected chi connectivity index (χ0v) is 18.4. The molecule has 1 aromatic carbocycles. The third-order valence-electron chi connectivity index (χ3n) is 7.19. The molecule has 3 rings (SSSR count). The van der Waals surface area contributed by atoms with E-state index in [0.29, 0.717) is 29.2 Å². The number of carbonyl (C=O) groups is 2. The van der Waals surface area contributed by atoms with Gasteiger partial charge in [0.15, 0.2) is 0 Å².